The van der Waals surface area contributed by atoms with Crippen molar-refractivity contribution in [3.63, 3.8) is 0 Å². The van der Waals surface area contributed by atoms with E-state index in [1.54, 1.807) is 44.4 Å². The summed E-state index contributed by atoms with van der Waals surface area (Å²) < 4.78 is 10.7. The van der Waals surface area contributed by atoms with Crippen molar-refractivity contribution in [2.24, 2.45) is 0 Å². The lowest BCUT2D eigenvalue weighted by atomic mass is 10.1. The molecule has 1 atom stereocenters. The third-order valence-corrected chi connectivity index (χ3v) is 4.05. The summed E-state index contributed by atoms with van der Waals surface area (Å²) in [6.07, 6.45) is -0.789. The lowest BCUT2D eigenvalue weighted by Crippen LogP contribution is -2.48. The van der Waals surface area contributed by atoms with Crippen molar-refractivity contribution in [1.29, 1.82) is 0 Å². The van der Waals surface area contributed by atoms with Crippen LogP contribution in [-0.2, 0) is 4.79 Å². The zero-order valence-electron chi connectivity index (χ0n) is 15.6. The molecule has 144 valence electrons. The lowest BCUT2D eigenvalue weighted by Gasteiger charge is -2.16. The van der Waals surface area contributed by atoms with Gasteiger partial charge >= 0.3 is 6.03 Å². The Hall–Kier alpha value is -3.74. The normalized spacial score (nSPS) is 11.4. The number of hydrogen-bond acceptors (Lipinski definition) is 4. The predicted molar refractivity (Wildman–Crippen MR) is 107 cm³/mol. The Kier molecular flexibility index (Phi) is 5.96. The molecule has 3 rings (SSSR count). The van der Waals surface area contributed by atoms with Crippen molar-refractivity contribution >= 4 is 28.4 Å². The summed E-state index contributed by atoms with van der Waals surface area (Å²) in [7, 11) is 1.56. The van der Waals surface area contributed by atoms with E-state index in [9.17, 15) is 9.59 Å². The summed E-state index contributed by atoms with van der Waals surface area (Å²) in [6, 6.07) is 19.7. The second-order valence-corrected chi connectivity index (χ2v) is 6.07. The summed E-state index contributed by atoms with van der Waals surface area (Å²) in [5.41, 5.74) is 5.19. The smallest absolute Gasteiger partial charge is 0.337 e. The molecule has 0 saturated carbocycles. The second kappa shape index (κ2) is 8.77. The van der Waals surface area contributed by atoms with Crippen LogP contribution >= 0.6 is 0 Å². The Bertz CT molecular complexity index is 973. The van der Waals surface area contributed by atoms with Gasteiger partial charge in [0.25, 0.3) is 5.91 Å². The number of methoxy groups -OCH3 is 1. The van der Waals surface area contributed by atoms with Crippen LogP contribution in [0.1, 0.15) is 6.92 Å². The molecule has 0 heterocycles. The molecule has 0 bridgehead atoms. The Morgan fingerprint density at radius 3 is 2.25 bits per heavy atom. The van der Waals surface area contributed by atoms with E-state index in [1.807, 2.05) is 36.4 Å². The molecule has 0 radical (unpaired) electrons. The number of hydrazine groups is 1. The molecule has 28 heavy (non-hydrogen) atoms. The number of rotatable bonds is 5. The van der Waals surface area contributed by atoms with E-state index < -0.39 is 18.0 Å². The number of amides is 3. The Morgan fingerprint density at radius 2 is 1.54 bits per heavy atom. The van der Waals surface area contributed by atoms with Gasteiger partial charge in [-0.25, -0.2) is 10.2 Å². The van der Waals surface area contributed by atoms with Crippen molar-refractivity contribution in [3.8, 4) is 11.5 Å². The first kappa shape index (κ1) is 19.0. The van der Waals surface area contributed by atoms with E-state index >= 15 is 0 Å². The van der Waals surface area contributed by atoms with Gasteiger partial charge in [-0.05, 0) is 54.1 Å². The highest BCUT2D eigenvalue weighted by molar-refractivity contribution is 5.91. The summed E-state index contributed by atoms with van der Waals surface area (Å²) in [4.78, 5) is 24.0. The molecule has 0 fully saturated rings. The number of ether oxygens (including phenoxy) is 2. The lowest BCUT2D eigenvalue weighted by molar-refractivity contribution is -0.127. The van der Waals surface area contributed by atoms with Crippen LogP contribution in [0.2, 0.25) is 0 Å². The number of carbonyl (C=O) groups is 2. The molecule has 0 spiro atoms. The van der Waals surface area contributed by atoms with Crippen molar-refractivity contribution in [2.45, 2.75) is 13.0 Å². The van der Waals surface area contributed by atoms with Crippen molar-refractivity contribution in [3.05, 3.63) is 66.7 Å². The zero-order valence-corrected chi connectivity index (χ0v) is 15.6. The van der Waals surface area contributed by atoms with Crippen LogP contribution in [0.3, 0.4) is 0 Å². The van der Waals surface area contributed by atoms with Gasteiger partial charge in [0.1, 0.15) is 11.5 Å². The average molecular weight is 379 g/mol. The maximum Gasteiger partial charge on any atom is 0.337 e. The van der Waals surface area contributed by atoms with Crippen LogP contribution in [0, 0.1) is 0 Å². The van der Waals surface area contributed by atoms with E-state index in [-0.39, 0.29) is 0 Å². The fraction of sp³-hybridized carbons (Fsp3) is 0.143. The number of nitrogens with one attached hydrogen (secondary N) is 3. The van der Waals surface area contributed by atoms with Gasteiger partial charge in [0.15, 0.2) is 6.10 Å². The number of anilines is 1. The van der Waals surface area contributed by atoms with Crippen LogP contribution in [0.25, 0.3) is 10.8 Å². The number of hydrogen-bond donors (Lipinski definition) is 3. The van der Waals surface area contributed by atoms with E-state index in [2.05, 4.69) is 16.2 Å². The van der Waals surface area contributed by atoms with Gasteiger partial charge in [0.2, 0.25) is 0 Å². The maximum atomic E-state index is 12.2. The molecule has 7 heteroatoms. The first-order valence-corrected chi connectivity index (χ1v) is 8.71. The summed E-state index contributed by atoms with van der Waals surface area (Å²) in [6.45, 7) is 1.60. The van der Waals surface area contributed by atoms with Crippen molar-refractivity contribution in [2.75, 3.05) is 12.4 Å². The Balaban J connectivity index is 1.49. The number of fused-ring (bicyclic) bond motifs is 1. The van der Waals surface area contributed by atoms with Crippen LogP contribution in [0.15, 0.2) is 66.7 Å². The minimum absolute atomic E-state index is 0.474. The van der Waals surface area contributed by atoms with Crippen LogP contribution < -0.4 is 25.6 Å². The summed E-state index contributed by atoms with van der Waals surface area (Å²) in [5.74, 6) is 0.779. The second-order valence-electron chi connectivity index (χ2n) is 6.07. The van der Waals surface area contributed by atoms with Gasteiger partial charge < -0.3 is 14.8 Å². The highest BCUT2D eigenvalue weighted by Gasteiger charge is 2.15. The van der Waals surface area contributed by atoms with Gasteiger partial charge in [0.05, 0.1) is 7.11 Å². The average Bonchev–Trinajstić information content (AvgIpc) is 2.72. The molecule has 3 aromatic carbocycles. The number of carbonyl (C=O) groups excluding carboxylic acids is 2. The highest BCUT2D eigenvalue weighted by atomic mass is 16.5. The molecule has 0 aliphatic heterocycles. The largest absolute Gasteiger partial charge is 0.497 e. The maximum absolute atomic E-state index is 12.2. The predicted octanol–water partition coefficient (Wildman–Crippen LogP) is 3.47. The van der Waals surface area contributed by atoms with E-state index in [1.165, 1.54) is 0 Å². The molecule has 3 N–H and O–H groups in total. The molecule has 3 amide bonds. The topological polar surface area (TPSA) is 88.7 Å². The van der Waals surface area contributed by atoms with Crippen molar-refractivity contribution in [1.82, 2.24) is 10.9 Å². The molecule has 0 saturated heterocycles. The summed E-state index contributed by atoms with van der Waals surface area (Å²) >= 11 is 0. The fourth-order valence-corrected chi connectivity index (χ4v) is 2.56. The third kappa shape index (κ3) is 4.91. The molecule has 3 aromatic rings. The first-order chi connectivity index (χ1) is 13.5. The van der Waals surface area contributed by atoms with Gasteiger partial charge in [0, 0.05) is 5.69 Å². The molecule has 7 nitrogen and oxygen atoms in total. The molecule has 0 aliphatic rings. The standard InChI is InChI=1S/C21H21N3O4/c1-14(28-19-10-7-15-5-3-4-6-16(15)13-19)20(25)23-24-21(26)22-17-8-11-18(27-2)12-9-17/h3-14H,1-2H3,(H,23,25)(H2,22,24,26)/t14-/m0/s1. The van der Waals surface area contributed by atoms with E-state index in [4.69, 9.17) is 9.47 Å². The molecule has 0 aliphatic carbocycles. The monoisotopic (exact) mass is 379 g/mol. The van der Waals surface area contributed by atoms with Crippen LogP contribution in [0.5, 0.6) is 11.5 Å². The quantitative estimate of drug-likeness (QED) is 0.592. The van der Waals surface area contributed by atoms with Crippen LogP contribution in [0.4, 0.5) is 10.5 Å². The molecule has 0 unspecified atom stereocenters. The fourth-order valence-electron chi connectivity index (χ4n) is 2.56. The molecule has 0 aromatic heterocycles. The number of benzene rings is 3. The third-order valence-electron chi connectivity index (χ3n) is 4.05. The minimum Gasteiger partial charge on any atom is -0.497 e. The SMILES string of the molecule is COc1ccc(NC(=O)NNC(=O)[C@H](C)Oc2ccc3ccccc3c2)cc1. The van der Waals surface area contributed by atoms with Gasteiger partial charge in [-0.2, -0.15) is 0 Å². The minimum atomic E-state index is -0.789. The highest BCUT2D eigenvalue weighted by Crippen LogP contribution is 2.21. The Labute approximate surface area is 162 Å². The van der Waals surface area contributed by atoms with E-state index in [0.717, 1.165) is 10.8 Å². The van der Waals surface area contributed by atoms with Crippen molar-refractivity contribution < 1.29 is 19.1 Å². The van der Waals surface area contributed by atoms with Gasteiger partial charge in [-0.15, -0.1) is 0 Å². The Morgan fingerprint density at radius 1 is 0.857 bits per heavy atom. The molecular formula is C21H21N3O4. The van der Waals surface area contributed by atoms with Gasteiger partial charge in [-0.1, -0.05) is 30.3 Å². The van der Waals surface area contributed by atoms with Crippen LogP contribution in [-0.4, -0.2) is 25.2 Å². The summed E-state index contributed by atoms with van der Waals surface area (Å²) in [5, 5.41) is 4.70. The first-order valence-electron chi connectivity index (χ1n) is 8.71. The molecular weight excluding hydrogens is 358 g/mol. The van der Waals surface area contributed by atoms with E-state index in [0.29, 0.717) is 17.2 Å². The van der Waals surface area contributed by atoms with Gasteiger partial charge in [-0.3, -0.25) is 10.2 Å². The zero-order chi connectivity index (χ0) is 19.9. The number of urea groups is 1.